The average molecular weight is 200 g/mol. The van der Waals surface area contributed by atoms with Crippen LogP contribution in [-0.4, -0.2) is 34.3 Å². The SMILES string of the molecule is C[CH2][Al]([CH2]C)[O]CC1CCCOC1. The summed E-state index contributed by atoms with van der Waals surface area (Å²) in [6.45, 7) is 7.33. The van der Waals surface area contributed by atoms with Crippen LogP contribution in [0.4, 0.5) is 0 Å². The number of hydrogen-bond donors (Lipinski definition) is 0. The lowest BCUT2D eigenvalue weighted by Crippen LogP contribution is -2.26. The Kier molecular flexibility index (Phi) is 6.06. The molecule has 76 valence electrons. The fourth-order valence-electron chi connectivity index (χ4n) is 1.74. The van der Waals surface area contributed by atoms with Gasteiger partial charge in [-0.2, -0.15) is 0 Å². The van der Waals surface area contributed by atoms with Gasteiger partial charge in [0.2, 0.25) is 0 Å². The Labute approximate surface area is 86.3 Å². The molecule has 0 saturated carbocycles. The molecule has 0 N–H and O–H groups in total. The van der Waals surface area contributed by atoms with Crippen molar-refractivity contribution < 1.29 is 8.53 Å². The lowest BCUT2D eigenvalue weighted by atomic mass is 10.0. The molecule has 0 aromatic carbocycles. The number of ether oxygens (including phenoxy) is 1. The lowest BCUT2D eigenvalue weighted by molar-refractivity contribution is 0.0346. The second-order valence-electron chi connectivity index (χ2n) is 3.86. The molecule has 1 aliphatic rings. The van der Waals surface area contributed by atoms with E-state index in [9.17, 15) is 0 Å². The van der Waals surface area contributed by atoms with Gasteiger partial charge in [-0.25, -0.2) is 0 Å². The highest BCUT2D eigenvalue weighted by molar-refractivity contribution is 6.51. The van der Waals surface area contributed by atoms with Crippen molar-refractivity contribution in [2.75, 3.05) is 19.8 Å². The minimum atomic E-state index is -0.819. The molecule has 3 heteroatoms. The maximum Gasteiger partial charge on any atom is 0.460 e. The molecule has 1 fully saturated rings. The minimum Gasteiger partial charge on any atom is -0.500 e. The Bertz CT molecular complexity index is 120. The van der Waals surface area contributed by atoms with E-state index in [0.29, 0.717) is 5.92 Å². The highest BCUT2D eigenvalue weighted by Gasteiger charge is 2.19. The molecule has 0 spiro atoms. The Morgan fingerprint density at radius 3 is 2.69 bits per heavy atom. The first-order chi connectivity index (χ1) is 6.36. The summed E-state index contributed by atoms with van der Waals surface area (Å²) >= 11 is -0.819. The third kappa shape index (κ3) is 4.47. The molecule has 0 aromatic rings. The zero-order valence-electron chi connectivity index (χ0n) is 8.92. The molecule has 0 aliphatic carbocycles. The standard InChI is InChI=1S/C6H11O2.2C2H5.Al/c7-4-6-2-1-3-8-5-6;2*1-2;/h6H,1-5H2;2*1H2,2H3;/q-1;;;+1. The fraction of sp³-hybridized carbons (Fsp3) is 1.00. The molecule has 1 aliphatic heterocycles. The van der Waals surface area contributed by atoms with E-state index < -0.39 is 14.5 Å². The van der Waals surface area contributed by atoms with E-state index in [2.05, 4.69) is 13.8 Å². The van der Waals surface area contributed by atoms with Gasteiger partial charge in [0, 0.05) is 19.1 Å². The molecule has 0 amide bonds. The maximum atomic E-state index is 5.94. The molecule has 0 bridgehead atoms. The van der Waals surface area contributed by atoms with Crippen LogP contribution < -0.4 is 0 Å². The zero-order chi connectivity index (χ0) is 9.52. The van der Waals surface area contributed by atoms with Gasteiger partial charge in [-0.05, 0) is 12.8 Å². The minimum absolute atomic E-state index is 0.682. The smallest absolute Gasteiger partial charge is 0.460 e. The molecule has 1 heterocycles. The summed E-state index contributed by atoms with van der Waals surface area (Å²) in [5.74, 6) is 0.682. The Morgan fingerprint density at radius 1 is 1.38 bits per heavy atom. The van der Waals surface area contributed by atoms with E-state index in [0.717, 1.165) is 19.8 Å². The third-order valence-corrected chi connectivity index (χ3v) is 5.22. The van der Waals surface area contributed by atoms with Crippen molar-refractivity contribution in [2.24, 2.45) is 5.92 Å². The average Bonchev–Trinajstić information content (AvgIpc) is 2.21. The summed E-state index contributed by atoms with van der Waals surface area (Å²) in [7, 11) is 0. The quantitative estimate of drug-likeness (QED) is 0.635. The second kappa shape index (κ2) is 6.84. The topological polar surface area (TPSA) is 18.5 Å². The van der Waals surface area contributed by atoms with Gasteiger partial charge in [0.1, 0.15) is 0 Å². The van der Waals surface area contributed by atoms with Crippen LogP contribution >= 0.6 is 0 Å². The van der Waals surface area contributed by atoms with Crippen molar-refractivity contribution in [3.63, 3.8) is 0 Å². The molecule has 1 atom stereocenters. The van der Waals surface area contributed by atoms with Gasteiger partial charge in [-0.3, -0.25) is 0 Å². The van der Waals surface area contributed by atoms with E-state index in [1.165, 1.54) is 23.4 Å². The maximum absolute atomic E-state index is 5.94. The summed E-state index contributed by atoms with van der Waals surface area (Å²) in [4.78, 5) is 0. The van der Waals surface area contributed by atoms with Crippen LogP contribution in [0.25, 0.3) is 0 Å². The van der Waals surface area contributed by atoms with Crippen molar-refractivity contribution in [2.45, 2.75) is 37.3 Å². The first-order valence-electron chi connectivity index (χ1n) is 5.56. The monoisotopic (exact) mass is 200 g/mol. The highest BCUT2D eigenvalue weighted by atomic mass is 27.2. The van der Waals surface area contributed by atoms with Crippen molar-refractivity contribution in [1.29, 1.82) is 0 Å². The van der Waals surface area contributed by atoms with E-state index in [-0.39, 0.29) is 0 Å². The van der Waals surface area contributed by atoms with Crippen LogP contribution in [0.5, 0.6) is 0 Å². The molecule has 2 nitrogen and oxygen atoms in total. The van der Waals surface area contributed by atoms with Gasteiger partial charge in [0.15, 0.2) is 0 Å². The summed E-state index contributed by atoms with van der Waals surface area (Å²) in [5, 5.41) is 2.54. The molecule has 1 saturated heterocycles. The van der Waals surface area contributed by atoms with Crippen LogP contribution in [0.1, 0.15) is 26.7 Å². The Balaban J connectivity index is 2.09. The third-order valence-electron chi connectivity index (χ3n) is 2.73. The van der Waals surface area contributed by atoms with E-state index >= 15 is 0 Å². The predicted octanol–water partition coefficient (Wildman–Crippen LogP) is 2.46. The predicted molar refractivity (Wildman–Crippen MR) is 56.2 cm³/mol. The zero-order valence-corrected chi connectivity index (χ0v) is 10.1. The van der Waals surface area contributed by atoms with E-state index in [1.54, 1.807) is 0 Å². The van der Waals surface area contributed by atoms with E-state index in [4.69, 9.17) is 8.53 Å². The fourth-order valence-corrected chi connectivity index (χ4v) is 3.33. The summed E-state index contributed by atoms with van der Waals surface area (Å²) in [6, 6.07) is 0. The summed E-state index contributed by atoms with van der Waals surface area (Å²) < 4.78 is 11.4. The molecular formula is C10H21AlO2. The molecule has 13 heavy (non-hydrogen) atoms. The lowest BCUT2D eigenvalue weighted by Gasteiger charge is -2.23. The van der Waals surface area contributed by atoms with Crippen LogP contribution in [0.3, 0.4) is 0 Å². The normalized spacial score (nSPS) is 23.1. The first kappa shape index (κ1) is 11.5. The number of hydrogen-bond acceptors (Lipinski definition) is 2. The van der Waals surface area contributed by atoms with Gasteiger partial charge in [0.05, 0.1) is 6.61 Å². The van der Waals surface area contributed by atoms with Crippen molar-refractivity contribution >= 4 is 14.5 Å². The van der Waals surface area contributed by atoms with Crippen LogP contribution in [0.2, 0.25) is 10.6 Å². The van der Waals surface area contributed by atoms with Crippen molar-refractivity contribution in [1.82, 2.24) is 0 Å². The molecular weight excluding hydrogens is 179 g/mol. The van der Waals surface area contributed by atoms with Gasteiger partial charge in [-0.15, -0.1) is 0 Å². The van der Waals surface area contributed by atoms with Crippen LogP contribution in [0.15, 0.2) is 0 Å². The first-order valence-corrected chi connectivity index (χ1v) is 7.66. The molecule has 0 aromatic heterocycles. The number of rotatable bonds is 5. The largest absolute Gasteiger partial charge is 0.500 e. The second-order valence-corrected chi connectivity index (χ2v) is 7.07. The molecule has 1 unspecified atom stereocenters. The van der Waals surface area contributed by atoms with Gasteiger partial charge in [0.25, 0.3) is 0 Å². The highest BCUT2D eigenvalue weighted by Crippen LogP contribution is 2.14. The summed E-state index contributed by atoms with van der Waals surface area (Å²) in [6.07, 6.45) is 2.52. The van der Waals surface area contributed by atoms with E-state index in [1.807, 2.05) is 0 Å². The molecule has 0 radical (unpaired) electrons. The van der Waals surface area contributed by atoms with Crippen molar-refractivity contribution in [3.05, 3.63) is 0 Å². The van der Waals surface area contributed by atoms with Gasteiger partial charge in [-0.1, -0.05) is 24.4 Å². The van der Waals surface area contributed by atoms with Gasteiger partial charge >= 0.3 is 14.5 Å². The van der Waals surface area contributed by atoms with Crippen LogP contribution in [0, 0.1) is 5.92 Å². The van der Waals surface area contributed by atoms with Crippen LogP contribution in [-0.2, 0) is 8.53 Å². The Hall–Kier alpha value is 0.452. The molecule has 1 rings (SSSR count). The van der Waals surface area contributed by atoms with Crippen molar-refractivity contribution in [3.8, 4) is 0 Å². The van der Waals surface area contributed by atoms with Gasteiger partial charge < -0.3 is 8.53 Å². The summed E-state index contributed by atoms with van der Waals surface area (Å²) in [5.41, 5.74) is 0. The Morgan fingerprint density at radius 2 is 2.15 bits per heavy atom.